The molecule has 2 aliphatic rings. The lowest BCUT2D eigenvalue weighted by Gasteiger charge is -2.36. The molecular weight excluding hydrogens is 496 g/mol. The fourth-order valence-corrected chi connectivity index (χ4v) is 6.21. The summed E-state index contributed by atoms with van der Waals surface area (Å²) in [6, 6.07) is 16.4. The summed E-state index contributed by atoms with van der Waals surface area (Å²) < 4.78 is 5.47. The van der Waals surface area contributed by atoms with Crippen LogP contribution in [0.4, 0.5) is 5.69 Å². The Morgan fingerprint density at radius 3 is 2.46 bits per heavy atom. The number of anilines is 1. The molecule has 39 heavy (non-hydrogen) atoms. The molecule has 2 aromatic rings. The Morgan fingerprint density at radius 2 is 1.77 bits per heavy atom. The summed E-state index contributed by atoms with van der Waals surface area (Å²) in [5, 5.41) is 12.5. The number of benzene rings is 2. The van der Waals surface area contributed by atoms with E-state index in [1.807, 2.05) is 30.3 Å². The van der Waals surface area contributed by atoms with E-state index in [1.165, 1.54) is 10.5 Å². The number of carboxylic acids is 1. The monoisotopic (exact) mass is 534 g/mol. The number of rotatable bonds is 11. The van der Waals surface area contributed by atoms with Gasteiger partial charge < -0.3 is 15.2 Å². The molecule has 2 amide bonds. The van der Waals surface area contributed by atoms with Crippen LogP contribution in [0.3, 0.4) is 0 Å². The quantitative estimate of drug-likeness (QED) is 0.416. The number of carbonyl (C=O) groups is 4. The largest absolute Gasteiger partial charge is 0.480 e. The van der Waals surface area contributed by atoms with Crippen LogP contribution < -0.4 is 10.2 Å². The normalized spacial score (nSPS) is 19.1. The summed E-state index contributed by atoms with van der Waals surface area (Å²) in [6.45, 7) is 1.51. The number of aliphatic carboxylic acids is 1. The Balaban J connectivity index is 1.56. The van der Waals surface area contributed by atoms with E-state index in [4.69, 9.17) is 4.74 Å². The first-order valence-corrected chi connectivity index (χ1v) is 14.0. The van der Waals surface area contributed by atoms with Gasteiger partial charge in [-0.2, -0.15) is 0 Å². The molecule has 2 atom stereocenters. The van der Waals surface area contributed by atoms with Crippen molar-refractivity contribution < 1.29 is 29.0 Å². The van der Waals surface area contributed by atoms with Crippen LogP contribution in [0.15, 0.2) is 54.6 Å². The number of nitrogens with one attached hydrogen (secondary N) is 1. The second-order valence-corrected chi connectivity index (χ2v) is 10.6. The molecule has 2 aromatic carbocycles. The van der Waals surface area contributed by atoms with Gasteiger partial charge in [0.15, 0.2) is 0 Å². The summed E-state index contributed by atoms with van der Waals surface area (Å²) in [5.74, 6) is -2.86. The van der Waals surface area contributed by atoms with Crippen molar-refractivity contribution in [3.05, 3.63) is 65.7 Å². The van der Waals surface area contributed by atoms with Crippen molar-refractivity contribution in [1.29, 1.82) is 0 Å². The molecule has 1 aliphatic carbocycles. The lowest BCUT2D eigenvalue weighted by atomic mass is 9.70. The summed E-state index contributed by atoms with van der Waals surface area (Å²) in [6.07, 6.45) is 5.64. The maximum absolute atomic E-state index is 14.1. The first kappa shape index (κ1) is 28.3. The summed E-state index contributed by atoms with van der Waals surface area (Å²) in [7, 11) is 0. The highest BCUT2D eigenvalue weighted by Gasteiger charge is 2.51. The Hall–Kier alpha value is -3.68. The van der Waals surface area contributed by atoms with E-state index >= 15 is 0 Å². The van der Waals surface area contributed by atoms with Crippen molar-refractivity contribution in [3.63, 3.8) is 0 Å². The lowest BCUT2D eigenvalue weighted by Crippen LogP contribution is -2.55. The van der Waals surface area contributed by atoms with Crippen molar-refractivity contribution in [3.8, 4) is 0 Å². The molecule has 0 bridgehead atoms. The Bertz CT molecular complexity index is 1170. The van der Waals surface area contributed by atoms with Crippen molar-refractivity contribution in [2.75, 3.05) is 18.1 Å². The predicted molar refractivity (Wildman–Crippen MR) is 147 cm³/mol. The van der Waals surface area contributed by atoms with Crippen LogP contribution in [0, 0.1) is 11.3 Å². The number of hydrogen-bond acceptors (Lipinski definition) is 5. The van der Waals surface area contributed by atoms with Gasteiger partial charge in [-0.15, -0.1) is 0 Å². The second-order valence-electron chi connectivity index (χ2n) is 10.6. The summed E-state index contributed by atoms with van der Waals surface area (Å²) >= 11 is 0. The molecule has 0 saturated heterocycles. The lowest BCUT2D eigenvalue weighted by molar-refractivity contribution is -0.159. The highest BCUT2D eigenvalue weighted by molar-refractivity contribution is 6.04. The molecule has 0 aromatic heterocycles. The number of amides is 2. The van der Waals surface area contributed by atoms with Crippen molar-refractivity contribution in [2.24, 2.45) is 11.3 Å². The van der Waals surface area contributed by atoms with Gasteiger partial charge in [0.05, 0.1) is 17.9 Å². The van der Waals surface area contributed by atoms with Crippen LogP contribution in [-0.4, -0.2) is 48.1 Å². The Morgan fingerprint density at radius 1 is 1.08 bits per heavy atom. The van der Waals surface area contributed by atoms with Crippen LogP contribution in [0.2, 0.25) is 0 Å². The standard InChI is InChI=1S/C31H38N2O6/c1-2-39-29(37)24(15-10-13-22-11-4-3-5-12-22)31(19-8-9-20-31)30(38)32-25-18-17-23-14-6-7-16-26(23)33(28(25)36)21-27(34)35/h3-7,11-12,14,16,24-25H,2,8-10,13,15,17-21H2,1H3,(H,32,38)(H,34,35)/t24-,25-/m0/s1. The van der Waals surface area contributed by atoms with Gasteiger partial charge in [0.25, 0.3) is 0 Å². The Kier molecular flexibility index (Phi) is 9.38. The average molecular weight is 535 g/mol. The van der Waals surface area contributed by atoms with E-state index in [1.54, 1.807) is 19.1 Å². The molecule has 1 heterocycles. The molecule has 0 spiro atoms. The molecule has 0 unspecified atom stereocenters. The maximum atomic E-state index is 14.1. The topological polar surface area (TPSA) is 113 Å². The molecule has 2 N–H and O–H groups in total. The van der Waals surface area contributed by atoms with Crippen LogP contribution in [0.5, 0.6) is 0 Å². The molecule has 8 heteroatoms. The summed E-state index contributed by atoms with van der Waals surface area (Å²) in [4.78, 5) is 53.8. The first-order chi connectivity index (χ1) is 18.9. The minimum absolute atomic E-state index is 0.231. The Labute approximate surface area is 229 Å². The van der Waals surface area contributed by atoms with Gasteiger partial charge in [-0.3, -0.25) is 24.1 Å². The van der Waals surface area contributed by atoms with Gasteiger partial charge in [0.2, 0.25) is 11.8 Å². The number of esters is 1. The fraction of sp³-hybridized carbons (Fsp3) is 0.484. The number of nitrogens with zero attached hydrogens (tertiary/aromatic N) is 1. The molecule has 208 valence electrons. The smallest absolute Gasteiger partial charge is 0.323 e. The fourth-order valence-electron chi connectivity index (χ4n) is 6.21. The molecule has 4 rings (SSSR count). The van der Waals surface area contributed by atoms with Gasteiger partial charge in [-0.05, 0) is 69.1 Å². The number of aryl methyl sites for hydroxylation is 2. The predicted octanol–water partition coefficient (Wildman–Crippen LogP) is 4.30. The highest BCUT2D eigenvalue weighted by Crippen LogP contribution is 2.47. The zero-order valence-corrected chi connectivity index (χ0v) is 22.6. The number of para-hydroxylation sites is 1. The number of ether oxygens (including phenoxy) is 1. The minimum Gasteiger partial charge on any atom is -0.480 e. The van der Waals surface area contributed by atoms with E-state index < -0.39 is 35.8 Å². The third-order valence-electron chi connectivity index (χ3n) is 8.13. The van der Waals surface area contributed by atoms with E-state index in [9.17, 15) is 24.3 Å². The van der Waals surface area contributed by atoms with Crippen LogP contribution in [0.1, 0.15) is 63.0 Å². The zero-order chi connectivity index (χ0) is 27.8. The molecule has 1 aliphatic heterocycles. The molecule has 0 radical (unpaired) electrons. The molecule has 1 fully saturated rings. The number of hydrogen-bond donors (Lipinski definition) is 2. The number of carboxylic acid groups (broad SMARTS) is 1. The second kappa shape index (κ2) is 12.9. The first-order valence-electron chi connectivity index (χ1n) is 14.0. The SMILES string of the molecule is CCOC(=O)[C@H](CCCc1ccccc1)C1(C(=O)N[C@H]2CCc3ccccc3N(CC(=O)O)C2=O)CCCC1. The van der Waals surface area contributed by atoms with Gasteiger partial charge in [-0.1, -0.05) is 61.4 Å². The van der Waals surface area contributed by atoms with Crippen LogP contribution >= 0.6 is 0 Å². The maximum Gasteiger partial charge on any atom is 0.323 e. The van der Waals surface area contributed by atoms with Crippen LogP contribution in [0.25, 0.3) is 0 Å². The average Bonchev–Trinajstić information content (AvgIpc) is 3.39. The third kappa shape index (κ3) is 6.49. The van der Waals surface area contributed by atoms with E-state index in [0.717, 1.165) is 31.2 Å². The zero-order valence-electron chi connectivity index (χ0n) is 22.6. The number of fused-ring (bicyclic) bond motifs is 1. The minimum atomic E-state index is -1.13. The number of carbonyl (C=O) groups excluding carboxylic acids is 3. The molecule has 8 nitrogen and oxygen atoms in total. The van der Waals surface area contributed by atoms with Crippen molar-refractivity contribution >= 4 is 29.4 Å². The third-order valence-corrected chi connectivity index (χ3v) is 8.13. The summed E-state index contributed by atoms with van der Waals surface area (Å²) in [5.41, 5.74) is 1.64. The van der Waals surface area contributed by atoms with Crippen molar-refractivity contribution in [2.45, 2.75) is 70.8 Å². The van der Waals surface area contributed by atoms with E-state index in [-0.39, 0.29) is 18.5 Å². The van der Waals surface area contributed by atoms with Crippen LogP contribution in [-0.2, 0) is 36.8 Å². The van der Waals surface area contributed by atoms with Gasteiger partial charge in [-0.25, -0.2) is 0 Å². The molecule has 1 saturated carbocycles. The van der Waals surface area contributed by atoms with Crippen molar-refractivity contribution in [1.82, 2.24) is 5.32 Å². The van der Waals surface area contributed by atoms with Gasteiger partial charge in [0.1, 0.15) is 12.6 Å². The van der Waals surface area contributed by atoms with E-state index in [0.29, 0.717) is 37.8 Å². The molecular formula is C31H38N2O6. The van der Waals surface area contributed by atoms with E-state index in [2.05, 4.69) is 17.4 Å². The van der Waals surface area contributed by atoms with Gasteiger partial charge in [0, 0.05) is 5.69 Å². The highest BCUT2D eigenvalue weighted by atomic mass is 16.5. The van der Waals surface area contributed by atoms with Gasteiger partial charge >= 0.3 is 11.9 Å².